The molecule has 0 bridgehead atoms. The number of carbonyl (C=O) groups excluding carboxylic acids is 2. The van der Waals surface area contributed by atoms with Gasteiger partial charge < -0.3 is 25.5 Å². The van der Waals surface area contributed by atoms with E-state index in [1.807, 2.05) is 45.2 Å². The van der Waals surface area contributed by atoms with Gasteiger partial charge in [0.05, 0.1) is 17.5 Å². The minimum atomic E-state index is -0.772. The van der Waals surface area contributed by atoms with E-state index in [-0.39, 0.29) is 6.54 Å². The van der Waals surface area contributed by atoms with Crippen molar-refractivity contribution in [1.29, 1.82) is 0 Å². The summed E-state index contributed by atoms with van der Waals surface area (Å²) in [6, 6.07) is 7.19. The molecule has 122 valence electrons. The van der Waals surface area contributed by atoms with Crippen LogP contribution in [-0.2, 0) is 9.59 Å². The van der Waals surface area contributed by atoms with Crippen molar-refractivity contribution >= 4 is 23.2 Å². The molecule has 2 amide bonds. The Labute approximate surface area is 130 Å². The zero-order valence-electron chi connectivity index (χ0n) is 13.5. The first-order valence-electron chi connectivity index (χ1n) is 6.99. The fourth-order valence-corrected chi connectivity index (χ4v) is 1.93. The molecule has 0 aliphatic carbocycles. The van der Waals surface area contributed by atoms with Gasteiger partial charge in [0.1, 0.15) is 0 Å². The maximum atomic E-state index is 11.9. The quantitative estimate of drug-likeness (QED) is 0.630. The molecular weight excluding hydrogens is 284 g/mol. The standard InChI is InChI=1S/C15H24N4O3/c1-18(2)10-11(20)9-16-14(21)15(22)17-12-7-5-6-8-13(12)19(3)4/h5-8,11,20H,9-10H2,1-4H3,(H,16,21)(H,17,22). The summed E-state index contributed by atoms with van der Waals surface area (Å²) in [6.07, 6.45) is -0.721. The first kappa shape index (κ1) is 17.9. The molecule has 0 saturated carbocycles. The molecule has 0 aliphatic rings. The predicted octanol–water partition coefficient (Wildman–Crippen LogP) is -0.270. The SMILES string of the molecule is CN(C)CC(O)CNC(=O)C(=O)Nc1ccccc1N(C)C. The van der Waals surface area contributed by atoms with Crippen LogP contribution in [0.3, 0.4) is 0 Å². The number of aliphatic hydroxyl groups is 1. The Morgan fingerprint density at radius 2 is 1.77 bits per heavy atom. The predicted molar refractivity (Wildman–Crippen MR) is 87.0 cm³/mol. The van der Waals surface area contributed by atoms with Gasteiger partial charge in [0, 0.05) is 27.2 Å². The highest BCUT2D eigenvalue weighted by Gasteiger charge is 2.17. The van der Waals surface area contributed by atoms with Crippen molar-refractivity contribution < 1.29 is 14.7 Å². The number of amides is 2. The van der Waals surface area contributed by atoms with E-state index in [2.05, 4.69) is 10.6 Å². The van der Waals surface area contributed by atoms with E-state index in [0.717, 1.165) is 5.69 Å². The minimum Gasteiger partial charge on any atom is -0.390 e. The van der Waals surface area contributed by atoms with Crippen molar-refractivity contribution in [2.45, 2.75) is 6.10 Å². The molecule has 0 aliphatic heterocycles. The maximum Gasteiger partial charge on any atom is 0.313 e. The van der Waals surface area contributed by atoms with Crippen molar-refractivity contribution in [1.82, 2.24) is 10.2 Å². The Morgan fingerprint density at radius 3 is 2.36 bits per heavy atom. The van der Waals surface area contributed by atoms with Crippen LogP contribution < -0.4 is 15.5 Å². The highest BCUT2D eigenvalue weighted by atomic mass is 16.3. The molecule has 7 heteroatoms. The smallest absolute Gasteiger partial charge is 0.313 e. The molecule has 0 spiro atoms. The number of benzene rings is 1. The van der Waals surface area contributed by atoms with Gasteiger partial charge in [-0.05, 0) is 26.2 Å². The number of anilines is 2. The van der Waals surface area contributed by atoms with Gasteiger partial charge in [-0.1, -0.05) is 12.1 Å². The molecule has 3 N–H and O–H groups in total. The largest absolute Gasteiger partial charge is 0.390 e. The normalized spacial score (nSPS) is 11.9. The molecule has 0 saturated heterocycles. The average Bonchev–Trinajstić information content (AvgIpc) is 2.44. The summed E-state index contributed by atoms with van der Waals surface area (Å²) < 4.78 is 0. The summed E-state index contributed by atoms with van der Waals surface area (Å²) in [6.45, 7) is 0.436. The van der Waals surface area contributed by atoms with E-state index in [0.29, 0.717) is 12.2 Å². The van der Waals surface area contributed by atoms with Crippen LogP contribution in [0, 0.1) is 0 Å². The Kier molecular flexibility index (Phi) is 6.81. The molecule has 1 unspecified atom stereocenters. The van der Waals surface area contributed by atoms with Crippen LogP contribution in [0.5, 0.6) is 0 Å². The molecule has 0 heterocycles. The van der Waals surface area contributed by atoms with E-state index in [1.54, 1.807) is 17.0 Å². The first-order chi connectivity index (χ1) is 10.3. The van der Waals surface area contributed by atoms with Gasteiger partial charge in [0.15, 0.2) is 0 Å². The zero-order chi connectivity index (χ0) is 16.7. The Hall–Kier alpha value is -2.12. The van der Waals surface area contributed by atoms with E-state index in [1.165, 1.54) is 0 Å². The van der Waals surface area contributed by atoms with Crippen LogP contribution in [0.25, 0.3) is 0 Å². The van der Waals surface area contributed by atoms with Crippen molar-refractivity contribution in [3.63, 3.8) is 0 Å². The van der Waals surface area contributed by atoms with Crippen molar-refractivity contribution in [2.75, 3.05) is 51.5 Å². The molecule has 0 aromatic heterocycles. The van der Waals surface area contributed by atoms with Crippen molar-refractivity contribution in [3.8, 4) is 0 Å². The third-order valence-corrected chi connectivity index (χ3v) is 2.91. The Balaban J connectivity index is 2.57. The fraction of sp³-hybridized carbons (Fsp3) is 0.467. The molecule has 22 heavy (non-hydrogen) atoms. The van der Waals surface area contributed by atoms with E-state index in [4.69, 9.17) is 0 Å². The molecule has 1 aromatic rings. The Morgan fingerprint density at radius 1 is 1.14 bits per heavy atom. The van der Waals surface area contributed by atoms with Gasteiger partial charge >= 0.3 is 11.8 Å². The van der Waals surface area contributed by atoms with Gasteiger partial charge in [-0.25, -0.2) is 0 Å². The van der Waals surface area contributed by atoms with Crippen LogP contribution in [0.1, 0.15) is 0 Å². The van der Waals surface area contributed by atoms with Gasteiger partial charge in [0.2, 0.25) is 0 Å². The van der Waals surface area contributed by atoms with Crippen LogP contribution in [0.2, 0.25) is 0 Å². The molecule has 1 aromatic carbocycles. The number of hydrogen-bond acceptors (Lipinski definition) is 5. The van der Waals surface area contributed by atoms with E-state index < -0.39 is 17.9 Å². The van der Waals surface area contributed by atoms with Gasteiger partial charge in [-0.3, -0.25) is 9.59 Å². The number of carbonyl (C=O) groups is 2. The Bertz CT molecular complexity index is 517. The molecule has 1 rings (SSSR count). The van der Waals surface area contributed by atoms with Gasteiger partial charge in [0.25, 0.3) is 0 Å². The summed E-state index contributed by atoms with van der Waals surface area (Å²) in [4.78, 5) is 27.3. The number of nitrogens with zero attached hydrogens (tertiary/aromatic N) is 2. The molecule has 0 fully saturated rings. The lowest BCUT2D eigenvalue weighted by Gasteiger charge is -2.18. The molecule has 7 nitrogen and oxygen atoms in total. The second-order valence-corrected chi connectivity index (χ2v) is 5.49. The summed E-state index contributed by atoms with van der Waals surface area (Å²) in [5.41, 5.74) is 1.36. The molecular formula is C15H24N4O3. The lowest BCUT2D eigenvalue weighted by molar-refractivity contribution is -0.136. The van der Waals surface area contributed by atoms with Gasteiger partial charge in [-0.15, -0.1) is 0 Å². The lowest BCUT2D eigenvalue weighted by atomic mass is 10.2. The molecule has 1 atom stereocenters. The van der Waals surface area contributed by atoms with Crippen molar-refractivity contribution in [2.24, 2.45) is 0 Å². The van der Waals surface area contributed by atoms with Crippen LogP contribution in [0.4, 0.5) is 11.4 Å². The molecule has 0 radical (unpaired) electrons. The minimum absolute atomic E-state index is 0.0275. The number of likely N-dealkylation sites (N-methyl/N-ethyl adjacent to an activating group) is 1. The number of rotatable bonds is 6. The first-order valence-corrected chi connectivity index (χ1v) is 6.99. The number of para-hydroxylation sites is 2. The second-order valence-electron chi connectivity index (χ2n) is 5.49. The average molecular weight is 308 g/mol. The van der Waals surface area contributed by atoms with Crippen LogP contribution in [-0.4, -0.2) is 69.2 Å². The monoisotopic (exact) mass is 308 g/mol. The van der Waals surface area contributed by atoms with E-state index >= 15 is 0 Å². The lowest BCUT2D eigenvalue weighted by Crippen LogP contribution is -2.42. The fourth-order valence-electron chi connectivity index (χ4n) is 1.93. The van der Waals surface area contributed by atoms with Crippen LogP contribution >= 0.6 is 0 Å². The summed E-state index contributed by atoms with van der Waals surface area (Å²) in [5.74, 6) is -1.53. The number of aliphatic hydroxyl groups excluding tert-OH is 1. The topological polar surface area (TPSA) is 84.9 Å². The second kappa shape index (κ2) is 8.35. The summed E-state index contributed by atoms with van der Waals surface area (Å²) in [5, 5.41) is 14.6. The zero-order valence-corrected chi connectivity index (χ0v) is 13.5. The number of nitrogens with one attached hydrogen (secondary N) is 2. The van der Waals surface area contributed by atoms with Crippen LogP contribution in [0.15, 0.2) is 24.3 Å². The van der Waals surface area contributed by atoms with E-state index in [9.17, 15) is 14.7 Å². The third-order valence-electron chi connectivity index (χ3n) is 2.91. The highest BCUT2D eigenvalue weighted by Crippen LogP contribution is 2.23. The van der Waals surface area contributed by atoms with Gasteiger partial charge in [-0.2, -0.15) is 0 Å². The number of hydrogen-bond donors (Lipinski definition) is 3. The highest BCUT2D eigenvalue weighted by molar-refractivity contribution is 6.39. The summed E-state index contributed by atoms with van der Waals surface area (Å²) in [7, 11) is 7.33. The summed E-state index contributed by atoms with van der Waals surface area (Å²) >= 11 is 0. The third kappa shape index (κ3) is 5.71. The maximum absolute atomic E-state index is 11.9. The van der Waals surface area contributed by atoms with Crippen molar-refractivity contribution in [3.05, 3.63) is 24.3 Å².